The average Bonchev–Trinajstić information content (AvgIpc) is 2.36. The number of nitrogen functional groups attached to an aromatic ring is 1. The smallest absolute Gasteiger partial charge is 0.337 e. The van der Waals surface area contributed by atoms with Gasteiger partial charge in [0.15, 0.2) is 0 Å². The molecule has 5 nitrogen and oxygen atoms in total. The molecule has 0 bridgehead atoms. The fourth-order valence-electron chi connectivity index (χ4n) is 2.62. The van der Waals surface area contributed by atoms with Gasteiger partial charge in [0.25, 0.3) is 0 Å². The van der Waals surface area contributed by atoms with E-state index in [1.165, 1.54) is 18.7 Å². The number of carbonyl (C=O) groups is 1. The molecule has 1 saturated carbocycles. The zero-order valence-electron chi connectivity index (χ0n) is 11.4. The van der Waals surface area contributed by atoms with Crippen molar-refractivity contribution in [3.8, 4) is 0 Å². The van der Waals surface area contributed by atoms with E-state index in [0.717, 1.165) is 18.8 Å². The van der Waals surface area contributed by atoms with Crippen LogP contribution in [0.5, 0.6) is 0 Å². The zero-order chi connectivity index (χ0) is 14.0. The van der Waals surface area contributed by atoms with Crippen LogP contribution in [0, 0.1) is 11.8 Å². The molecule has 0 aromatic carbocycles. The summed E-state index contributed by atoms with van der Waals surface area (Å²) in [5.74, 6) is 1.01. The highest BCUT2D eigenvalue weighted by Crippen LogP contribution is 2.31. The summed E-state index contributed by atoms with van der Waals surface area (Å²) in [6.45, 7) is 4.54. The molecule has 19 heavy (non-hydrogen) atoms. The number of anilines is 2. The van der Waals surface area contributed by atoms with Crippen LogP contribution in [0.1, 0.15) is 43.5 Å². The first-order valence-electron chi connectivity index (χ1n) is 6.72. The van der Waals surface area contributed by atoms with Gasteiger partial charge in [-0.3, -0.25) is 0 Å². The lowest BCUT2D eigenvalue weighted by molar-refractivity contribution is 0.0698. The largest absolute Gasteiger partial charge is 0.478 e. The molecule has 3 unspecified atom stereocenters. The van der Waals surface area contributed by atoms with Crippen LogP contribution in [0.4, 0.5) is 11.5 Å². The lowest BCUT2D eigenvalue weighted by Gasteiger charge is -2.32. The Morgan fingerprint density at radius 2 is 2.16 bits per heavy atom. The Kier molecular flexibility index (Phi) is 3.93. The minimum Gasteiger partial charge on any atom is -0.478 e. The van der Waals surface area contributed by atoms with Gasteiger partial charge in [-0.2, -0.15) is 0 Å². The summed E-state index contributed by atoms with van der Waals surface area (Å²) in [6, 6.07) is 1.88. The summed E-state index contributed by atoms with van der Waals surface area (Å²) in [7, 11) is 0. The third-order valence-corrected chi connectivity index (χ3v) is 4.12. The second-order valence-corrected chi connectivity index (χ2v) is 5.57. The Morgan fingerprint density at radius 1 is 1.42 bits per heavy atom. The van der Waals surface area contributed by atoms with E-state index in [9.17, 15) is 4.79 Å². The summed E-state index contributed by atoms with van der Waals surface area (Å²) in [5.41, 5.74) is 5.90. The molecule has 1 aromatic heterocycles. The van der Waals surface area contributed by atoms with E-state index >= 15 is 0 Å². The first-order valence-corrected chi connectivity index (χ1v) is 6.72. The van der Waals surface area contributed by atoms with Gasteiger partial charge in [-0.05, 0) is 37.2 Å². The normalized spacial score (nSPS) is 26.9. The number of pyridine rings is 1. The lowest BCUT2D eigenvalue weighted by atomic mass is 9.79. The summed E-state index contributed by atoms with van der Waals surface area (Å²) >= 11 is 0. The first-order chi connectivity index (χ1) is 8.97. The lowest BCUT2D eigenvalue weighted by Crippen LogP contribution is -2.30. The first kappa shape index (κ1) is 13.6. The molecule has 0 spiro atoms. The number of nitrogens with two attached hydrogens (primary N) is 1. The number of hydrogen-bond donors (Lipinski definition) is 3. The highest BCUT2D eigenvalue weighted by Gasteiger charge is 2.24. The maximum Gasteiger partial charge on any atom is 0.337 e. The molecule has 104 valence electrons. The van der Waals surface area contributed by atoms with Crippen molar-refractivity contribution in [2.45, 2.75) is 39.2 Å². The highest BCUT2D eigenvalue weighted by molar-refractivity contribution is 5.94. The Labute approximate surface area is 113 Å². The molecule has 0 aliphatic heterocycles. The van der Waals surface area contributed by atoms with Gasteiger partial charge in [0.2, 0.25) is 0 Å². The van der Waals surface area contributed by atoms with Crippen LogP contribution in [-0.4, -0.2) is 22.1 Å². The van der Waals surface area contributed by atoms with Gasteiger partial charge in [-0.25, -0.2) is 9.78 Å². The molecular formula is C14H21N3O2. The average molecular weight is 263 g/mol. The van der Waals surface area contributed by atoms with E-state index < -0.39 is 5.97 Å². The van der Waals surface area contributed by atoms with Crippen LogP contribution in [-0.2, 0) is 0 Å². The summed E-state index contributed by atoms with van der Waals surface area (Å²) in [4.78, 5) is 15.2. The van der Waals surface area contributed by atoms with Gasteiger partial charge in [0.05, 0.1) is 17.4 Å². The van der Waals surface area contributed by atoms with Crippen LogP contribution < -0.4 is 11.1 Å². The van der Waals surface area contributed by atoms with Gasteiger partial charge >= 0.3 is 5.97 Å². The van der Waals surface area contributed by atoms with Gasteiger partial charge < -0.3 is 16.2 Å². The zero-order valence-corrected chi connectivity index (χ0v) is 11.4. The summed E-state index contributed by atoms with van der Waals surface area (Å²) in [6.07, 6.45) is 4.79. The van der Waals surface area contributed by atoms with Crippen molar-refractivity contribution in [2.24, 2.45) is 11.8 Å². The highest BCUT2D eigenvalue weighted by atomic mass is 16.4. The summed E-state index contributed by atoms with van der Waals surface area (Å²) < 4.78 is 0. The predicted molar refractivity (Wildman–Crippen MR) is 75.2 cm³/mol. The number of aromatic nitrogens is 1. The molecule has 4 N–H and O–H groups in total. The van der Waals surface area contributed by atoms with Crippen LogP contribution in [0.2, 0.25) is 0 Å². The van der Waals surface area contributed by atoms with Crippen molar-refractivity contribution in [1.29, 1.82) is 0 Å². The van der Waals surface area contributed by atoms with Gasteiger partial charge in [-0.1, -0.05) is 13.8 Å². The fourth-order valence-corrected chi connectivity index (χ4v) is 2.62. The number of aromatic carboxylic acids is 1. The number of carboxylic acids is 1. The molecule has 0 radical (unpaired) electrons. The molecule has 1 aromatic rings. The fraction of sp³-hybridized carbons (Fsp3) is 0.571. The van der Waals surface area contributed by atoms with Crippen LogP contribution in [0.25, 0.3) is 0 Å². The SMILES string of the molecule is CC1CCC(Nc2cc(C(=O)O)c(N)cn2)CC1C. The monoisotopic (exact) mass is 263 g/mol. The van der Waals surface area contributed by atoms with Gasteiger partial charge in [0.1, 0.15) is 5.82 Å². The third-order valence-electron chi connectivity index (χ3n) is 4.12. The standard InChI is InChI=1S/C14H21N3O2/c1-8-3-4-10(5-9(8)2)17-13-6-11(14(18)19)12(15)7-16-13/h6-10H,3-5,15H2,1-2H3,(H,16,17)(H,18,19). The number of nitrogens with one attached hydrogen (secondary N) is 1. The molecule has 5 heteroatoms. The number of carboxylic acid groups (broad SMARTS) is 1. The van der Waals surface area contributed by atoms with E-state index in [4.69, 9.17) is 10.8 Å². The van der Waals surface area contributed by atoms with Crippen molar-refractivity contribution < 1.29 is 9.90 Å². The van der Waals surface area contributed by atoms with Crippen LogP contribution >= 0.6 is 0 Å². The van der Waals surface area contributed by atoms with Gasteiger partial charge in [-0.15, -0.1) is 0 Å². The van der Waals surface area contributed by atoms with E-state index in [2.05, 4.69) is 24.1 Å². The van der Waals surface area contributed by atoms with E-state index in [-0.39, 0.29) is 11.3 Å². The van der Waals surface area contributed by atoms with E-state index in [0.29, 0.717) is 17.8 Å². The molecule has 2 rings (SSSR count). The second-order valence-electron chi connectivity index (χ2n) is 5.57. The maximum atomic E-state index is 11.0. The van der Waals surface area contributed by atoms with Crippen LogP contribution in [0.15, 0.2) is 12.3 Å². The minimum atomic E-state index is -1.02. The molecule has 1 aliphatic rings. The van der Waals surface area contributed by atoms with E-state index in [1.54, 1.807) is 0 Å². The molecule has 1 aliphatic carbocycles. The molecule has 0 saturated heterocycles. The van der Waals surface area contributed by atoms with Crippen molar-refractivity contribution >= 4 is 17.5 Å². The number of rotatable bonds is 3. The number of nitrogens with zero attached hydrogens (tertiary/aromatic N) is 1. The second kappa shape index (κ2) is 5.47. The predicted octanol–water partition coefficient (Wildman–Crippen LogP) is 2.60. The molecule has 1 fully saturated rings. The summed E-state index contributed by atoms with van der Waals surface area (Å²) in [5, 5.41) is 12.4. The Morgan fingerprint density at radius 3 is 2.79 bits per heavy atom. The Hall–Kier alpha value is -1.78. The van der Waals surface area contributed by atoms with Crippen molar-refractivity contribution in [1.82, 2.24) is 4.98 Å². The van der Waals surface area contributed by atoms with Crippen molar-refractivity contribution in [2.75, 3.05) is 11.1 Å². The van der Waals surface area contributed by atoms with E-state index in [1.807, 2.05) is 0 Å². The van der Waals surface area contributed by atoms with Gasteiger partial charge in [0, 0.05) is 6.04 Å². The Balaban J connectivity index is 2.07. The molecular weight excluding hydrogens is 242 g/mol. The Bertz CT molecular complexity index is 476. The van der Waals surface area contributed by atoms with Crippen molar-refractivity contribution in [3.05, 3.63) is 17.8 Å². The molecule has 1 heterocycles. The quantitative estimate of drug-likeness (QED) is 0.780. The molecule has 0 amide bonds. The van der Waals surface area contributed by atoms with Crippen LogP contribution in [0.3, 0.4) is 0 Å². The topological polar surface area (TPSA) is 88.2 Å². The van der Waals surface area contributed by atoms with Crippen molar-refractivity contribution in [3.63, 3.8) is 0 Å². The third kappa shape index (κ3) is 3.16. The maximum absolute atomic E-state index is 11.0. The number of hydrogen-bond acceptors (Lipinski definition) is 4. The molecule has 3 atom stereocenters. The minimum absolute atomic E-state index is 0.106.